The summed E-state index contributed by atoms with van der Waals surface area (Å²) in [6, 6.07) is 0. The second kappa shape index (κ2) is 7.40. The van der Waals surface area contributed by atoms with Gasteiger partial charge in [0.05, 0.1) is 30.3 Å². The molecule has 23 heavy (non-hydrogen) atoms. The van der Waals surface area contributed by atoms with Crippen molar-refractivity contribution in [3.63, 3.8) is 0 Å². The van der Waals surface area contributed by atoms with Crippen LogP contribution in [0.15, 0.2) is 5.38 Å². The molecule has 0 spiro atoms. The lowest BCUT2D eigenvalue weighted by Crippen LogP contribution is -2.53. The maximum absolute atomic E-state index is 12.5. The summed E-state index contributed by atoms with van der Waals surface area (Å²) >= 11 is 1.55. The number of morpholine rings is 1. The van der Waals surface area contributed by atoms with E-state index in [1.807, 2.05) is 17.2 Å². The Kier molecular flexibility index (Phi) is 5.27. The molecule has 0 unspecified atom stereocenters. The van der Waals surface area contributed by atoms with E-state index >= 15 is 0 Å². The van der Waals surface area contributed by atoms with Crippen molar-refractivity contribution in [2.24, 2.45) is 0 Å². The maximum atomic E-state index is 12.5. The highest BCUT2D eigenvalue weighted by Crippen LogP contribution is 2.15. The fourth-order valence-electron chi connectivity index (χ4n) is 3.10. The van der Waals surface area contributed by atoms with E-state index in [2.05, 4.69) is 4.98 Å². The Hall–Kier alpha value is -1.47. The number of thiazole rings is 1. The third kappa shape index (κ3) is 4.09. The van der Waals surface area contributed by atoms with Gasteiger partial charge < -0.3 is 14.5 Å². The highest BCUT2D eigenvalue weighted by molar-refractivity contribution is 7.09. The van der Waals surface area contributed by atoms with E-state index in [1.54, 1.807) is 16.2 Å². The molecule has 0 N–H and O–H groups in total. The molecule has 6 nitrogen and oxygen atoms in total. The van der Waals surface area contributed by atoms with Crippen LogP contribution in [0.3, 0.4) is 0 Å². The van der Waals surface area contributed by atoms with Crippen LogP contribution in [0.1, 0.15) is 30.0 Å². The van der Waals surface area contributed by atoms with Crippen molar-refractivity contribution >= 4 is 23.2 Å². The number of hydrogen-bond donors (Lipinski definition) is 0. The van der Waals surface area contributed by atoms with Gasteiger partial charge in [0.1, 0.15) is 0 Å². The molecular formula is C16H23N3O3S. The average Bonchev–Trinajstić information content (AvgIpc) is 3.00. The first-order chi connectivity index (χ1) is 11.1. The van der Waals surface area contributed by atoms with Gasteiger partial charge in [-0.2, -0.15) is 0 Å². The van der Waals surface area contributed by atoms with E-state index in [0.29, 0.717) is 26.1 Å². The Morgan fingerprint density at radius 3 is 2.74 bits per heavy atom. The van der Waals surface area contributed by atoms with Crippen molar-refractivity contribution in [3.05, 3.63) is 16.1 Å². The molecule has 2 aliphatic heterocycles. The molecule has 3 rings (SSSR count). The second-order valence-electron chi connectivity index (χ2n) is 6.12. The van der Waals surface area contributed by atoms with E-state index < -0.39 is 6.10 Å². The van der Waals surface area contributed by atoms with E-state index in [0.717, 1.165) is 36.6 Å². The Morgan fingerprint density at radius 1 is 1.26 bits per heavy atom. The van der Waals surface area contributed by atoms with Gasteiger partial charge in [0.15, 0.2) is 6.10 Å². The SMILES string of the molecule is Cc1nc(CC(=O)N2CCO[C@@H](C(=O)N3CCCCC3)C2)cs1. The molecule has 0 aromatic carbocycles. The van der Waals surface area contributed by atoms with Gasteiger partial charge in [-0.25, -0.2) is 4.98 Å². The van der Waals surface area contributed by atoms with Crippen LogP contribution < -0.4 is 0 Å². The van der Waals surface area contributed by atoms with Crippen molar-refractivity contribution in [3.8, 4) is 0 Å². The number of carbonyl (C=O) groups is 2. The minimum absolute atomic E-state index is 0.0232. The Morgan fingerprint density at radius 2 is 2.04 bits per heavy atom. The van der Waals surface area contributed by atoms with Crippen LogP contribution >= 0.6 is 11.3 Å². The lowest BCUT2D eigenvalue weighted by molar-refractivity contribution is -0.154. The van der Waals surface area contributed by atoms with Crippen LogP contribution in [0.4, 0.5) is 0 Å². The fourth-order valence-corrected chi connectivity index (χ4v) is 3.71. The molecule has 1 aromatic heterocycles. The Balaban J connectivity index is 1.56. The van der Waals surface area contributed by atoms with E-state index in [4.69, 9.17) is 4.74 Å². The first-order valence-corrected chi connectivity index (χ1v) is 9.10. The standard InChI is InChI=1S/C16H23N3O3S/c1-12-17-13(11-23-12)9-15(20)19-7-8-22-14(10-19)16(21)18-5-3-2-4-6-18/h11,14H,2-10H2,1H3/t14-/m1/s1. The predicted octanol–water partition coefficient (Wildman–Crippen LogP) is 1.23. The summed E-state index contributed by atoms with van der Waals surface area (Å²) in [5.74, 6) is 0.0572. The number of aromatic nitrogens is 1. The molecular weight excluding hydrogens is 314 g/mol. The average molecular weight is 337 g/mol. The van der Waals surface area contributed by atoms with Gasteiger partial charge >= 0.3 is 0 Å². The number of likely N-dealkylation sites (tertiary alicyclic amines) is 1. The summed E-state index contributed by atoms with van der Waals surface area (Å²) in [6.45, 7) is 4.88. The third-order valence-electron chi connectivity index (χ3n) is 4.36. The number of nitrogens with zero attached hydrogens (tertiary/aromatic N) is 3. The van der Waals surface area contributed by atoms with Gasteiger partial charge in [-0.05, 0) is 26.2 Å². The van der Waals surface area contributed by atoms with Crippen LogP contribution in [0, 0.1) is 6.92 Å². The minimum atomic E-state index is -0.511. The topological polar surface area (TPSA) is 62.7 Å². The zero-order chi connectivity index (χ0) is 16.2. The molecule has 7 heteroatoms. The van der Waals surface area contributed by atoms with Gasteiger partial charge in [0, 0.05) is 25.0 Å². The van der Waals surface area contributed by atoms with E-state index in [-0.39, 0.29) is 11.8 Å². The monoisotopic (exact) mass is 337 g/mol. The second-order valence-corrected chi connectivity index (χ2v) is 7.18. The first kappa shape index (κ1) is 16.4. The quantitative estimate of drug-likeness (QED) is 0.832. The largest absolute Gasteiger partial charge is 0.365 e. The molecule has 2 amide bonds. The first-order valence-electron chi connectivity index (χ1n) is 8.22. The summed E-state index contributed by atoms with van der Waals surface area (Å²) in [4.78, 5) is 32.9. The van der Waals surface area contributed by atoms with Crippen LogP contribution in [0.2, 0.25) is 0 Å². The molecule has 2 saturated heterocycles. The Bertz CT molecular complexity index is 569. The van der Waals surface area contributed by atoms with Gasteiger partial charge in [0.25, 0.3) is 5.91 Å². The molecule has 2 aliphatic rings. The highest BCUT2D eigenvalue weighted by atomic mass is 32.1. The Labute approximate surface area is 140 Å². The van der Waals surface area contributed by atoms with Gasteiger partial charge in [-0.1, -0.05) is 0 Å². The molecule has 0 bridgehead atoms. The lowest BCUT2D eigenvalue weighted by Gasteiger charge is -2.36. The molecule has 0 saturated carbocycles. The number of carbonyl (C=O) groups excluding carboxylic acids is 2. The minimum Gasteiger partial charge on any atom is -0.365 e. The van der Waals surface area contributed by atoms with Crippen molar-refractivity contribution in [2.45, 2.75) is 38.7 Å². The number of rotatable bonds is 3. The number of amides is 2. The molecule has 0 radical (unpaired) electrons. The van der Waals surface area contributed by atoms with Crippen molar-refractivity contribution in [2.75, 3.05) is 32.8 Å². The van der Waals surface area contributed by atoms with Crippen LogP contribution in [0.5, 0.6) is 0 Å². The fraction of sp³-hybridized carbons (Fsp3) is 0.688. The highest BCUT2D eigenvalue weighted by Gasteiger charge is 2.32. The zero-order valence-electron chi connectivity index (χ0n) is 13.5. The number of hydrogen-bond acceptors (Lipinski definition) is 5. The van der Waals surface area contributed by atoms with E-state index in [1.165, 1.54) is 6.42 Å². The van der Waals surface area contributed by atoms with Gasteiger partial charge in [-0.15, -0.1) is 11.3 Å². The smallest absolute Gasteiger partial charge is 0.253 e. The molecule has 0 aliphatic carbocycles. The number of aryl methyl sites for hydroxylation is 1. The van der Waals surface area contributed by atoms with Crippen LogP contribution in [-0.4, -0.2) is 65.5 Å². The third-order valence-corrected chi connectivity index (χ3v) is 5.18. The summed E-state index contributed by atoms with van der Waals surface area (Å²) in [6.07, 6.45) is 3.10. The molecule has 126 valence electrons. The van der Waals surface area contributed by atoms with Gasteiger partial charge in [-0.3, -0.25) is 9.59 Å². The number of piperidine rings is 1. The summed E-state index contributed by atoms with van der Waals surface area (Å²) in [7, 11) is 0. The number of ether oxygens (including phenoxy) is 1. The summed E-state index contributed by atoms with van der Waals surface area (Å²) in [5, 5.41) is 2.89. The van der Waals surface area contributed by atoms with Crippen LogP contribution in [0.25, 0.3) is 0 Å². The van der Waals surface area contributed by atoms with Crippen molar-refractivity contribution in [1.82, 2.24) is 14.8 Å². The molecule has 1 atom stereocenters. The summed E-state index contributed by atoms with van der Waals surface area (Å²) in [5.41, 5.74) is 0.808. The maximum Gasteiger partial charge on any atom is 0.253 e. The molecule has 2 fully saturated rings. The lowest BCUT2D eigenvalue weighted by atomic mass is 10.1. The molecule has 1 aromatic rings. The summed E-state index contributed by atoms with van der Waals surface area (Å²) < 4.78 is 5.63. The zero-order valence-corrected chi connectivity index (χ0v) is 14.3. The normalized spacial score (nSPS) is 22.2. The van der Waals surface area contributed by atoms with Gasteiger partial charge in [0.2, 0.25) is 5.91 Å². The molecule has 3 heterocycles. The van der Waals surface area contributed by atoms with Crippen molar-refractivity contribution < 1.29 is 14.3 Å². The van der Waals surface area contributed by atoms with Crippen molar-refractivity contribution in [1.29, 1.82) is 0 Å². The van der Waals surface area contributed by atoms with Crippen LogP contribution in [-0.2, 0) is 20.7 Å². The predicted molar refractivity (Wildman–Crippen MR) is 87.3 cm³/mol. The van der Waals surface area contributed by atoms with E-state index in [9.17, 15) is 9.59 Å².